The molecule has 1 heterocycles. The number of rotatable bonds is 4. The number of fused-ring (bicyclic) bond motifs is 3. The second-order valence-corrected chi connectivity index (χ2v) is 9.19. The summed E-state index contributed by atoms with van der Waals surface area (Å²) in [4.78, 5) is 13.0. The fourth-order valence-corrected chi connectivity index (χ4v) is 5.33. The van der Waals surface area contributed by atoms with Crippen LogP contribution in [0.1, 0.15) is 5.56 Å². The van der Waals surface area contributed by atoms with Gasteiger partial charge in [-0.15, -0.1) is 0 Å². The van der Waals surface area contributed by atoms with Crippen molar-refractivity contribution >= 4 is 38.9 Å². The fraction of sp³-hybridized carbons (Fsp3) is 0.136. The van der Waals surface area contributed by atoms with Gasteiger partial charge in [0.25, 0.3) is 10.0 Å². The molecule has 6 nitrogen and oxygen atoms in total. The van der Waals surface area contributed by atoms with E-state index in [2.05, 4.69) is 5.32 Å². The van der Waals surface area contributed by atoms with Gasteiger partial charge in [-0.2, -0.15) is 0 Å². The van der Waals surface area contributed by atoms with Crippen LogP contribution in [0.15, 0.2) is 65.6 Å². The molecule has 1 N–H and O–H groups in total. The molecule has 3 aromatic carbocycles. The first-order chi connectivity index (χ1) is 14.3. The molecular formula is C22H19ClN2O4S. The van der Waals surface area contributed by atoms with Crippen LogP contribution >= 0.6 is 11.6 Å². The number of carbonyl (C=O) groups is 1. The van der Waals surface area contributed by atoms with Gasteiger partial charge in [0.1, 0.15) is 12.3 Å². The van der Waals surface area contributed by atoms with Crippen molar-refractivity contribution in [3.05, 3.63) is 71.2 Å². The van der Waals surface area contributed by atoms with Crippen molar-refractivity contribution in [1.29, 1.82) is 0 Å². The summed E-state index contributed by atoms with van der Waals surface area (Å²) in [5.41, 5.74) is 3.05. The van der Waals surface area contributed by atoms with Crippen LogP contribution in [0.2, 0.25) is 5.02 Å². The zero-order valence-corrected chi connectivity index (χ0v) is 17.9. The molecule has 3 aromatic rings. The number of nitrogens with one attached hydrogen (secondary N) is 1. The highest BCUT2D eigenvalue weighted by atomic mass is 35.5. The van der Waals surface area contributed by atoms with Crippen molar-refractivity contribution in [2.75, 3.05) is 23.3 Å². The zero-order chi connectivity index (χ0) is 21.5. The van der Waals surface area contributed by atoms with Gasteiger partial charge < -0.3 is 10.1 Å². The number of nitrogens with zero attached hydrogens (tertiary/aromatic N) is 1. The Morgan fingerprint density at radius 3 is 2.60 bits per heavy atom. The molecule has 0 fully saturated rings. The molecular weight excluding hydrogens is 424 g/mol. The summed E-state index contributed by atoms with van der Waals surface area (Å²) in [6.45, 7) is 1.50. The molecule has 0 unspecified atom stereocenters. The second-order valence-electron chi connectivity index (χ2n) is 6.92. The highest BCUT2D eigenvalue weighted by Crippen LogP contribution is 2.43. The number of halogens is 1. The minimum atomic E-state index is -3.92. The molecule has 0 spiro atoms. The first-order valence-electron chi connectivity index (χ1n) is 9.17. The van der Waals surface area contributed by atoms with Gasteiger partial charge in [0, 0.05) is 16.1 Å². The maximum Gasteiger partial charge on any atom is 0.265 e. The van der Waals surface area contributed by atoms with Gasteiger partial charge in [-0.05, 0) is 48.9 Å². The molecule has 0 aliphatic carbocycles. The molecule has 0 aromatic heterocycles. The molecule has 0 atom stereocenters. The van der Waals surface area contributed by atoms with Crippen LogP contribution in [0.3, 0.4) is 0 Å². The quantitative estimate of drug-likeness (QED) is 0.646. The van der Waals surface area contributed by atoms with Gasteiger partial charge in [-0.25, -0.2) is 8.42 Å². The monoisotopic (exact) mass is 442 g/mol. The third kappa shape index (κ3) is 3.51. The Morgan fingerprint density at radius 2 is 1.83 bits per heavy atom. The number of aryl methyl sites for hydroxylation is 1. The third-order valence-corrected chi connectivity index (χ3v) is 6.94. The lowest BCUT2D eigenvalue weighted by molar-refractivity contribution is -0.114. The van der Waals surface area contributed by atoms with E-state index in [1.165, 1.54) is 13.2 Å². The van der Waals surface area contributed by atoms with E-state index in [0.717, 1.165) is 9.87 Å². The fourth-order valence-electron chi connectivity index (χ4n) is 3.51. The molecule has 30 heavy (non-hydrogen) atoms. The van der Waals surface area contributed by atoms with Gasteiger partial charge in [-0.3, -0.25) is 9.10 Å². The lowest BCUT2D eigenvalue weighted by Gasteiger charge is -2.31. The lowest BCUT2D eigenvalue weighted by Crippen LogP contribution is -2.40. The topological polar surface area (TPSA) is 75.7 Å². The minimum Gasteiger partial charge on any atom is -0.495 e. The number of benzene rings is 3. The number of sulfonamides is 1. The van der Waals surface area contributed by atoms with Gasteiger partial charge in [0.15, 0.2) is 0 Å². The molecule has 8 heteroatoms. The predicted octanol–water partition coefficient (Wildman–Crippen LogP) is 4.47. The van der Waals surface area contributed by atoms with Gasteiger partial charge in [0.2, 0.25) is 5.91 Å². The Morgan fingerprint density at radius 1 is 1.07 bits per heavy atom. The van der Waals surface area contributed by atoms with E-state index in [9.17, 15) is 13.2 Å². The SMILES string of the molecule is COc1ccc(C)cc1NC(=O)CN1c2ccc(Cl)cc2-c2ccccc2S1(=O)=O. The molecule has 0 saturated carbocycles. The Kier molecular flexibility index (Phi) is 5.17. The zero-order valence-electron chi connectivity index (χ0n) is 16.3. The number of hydrogen-bond donors (Lipinski definition) is 1. The second kappa shape index (κ2) is 7.66. The van der Waals surface area contributed by atoms with E-state index in [-0.39, 0.29) is 11.4 Å². The van der Waals surface area contributed by atoms with E-state index < -0.39 is 15.9 Å². The van der Waals surface area contributed by atoms with E-state index in [1.54, 1.807) is 48.5 Å². The van der Waals surface area contributed by atoms with E-state index in [1.807, 2.05) is 13.0 Å². The van der Waals surface area contributed by atoms with E-state index >= 15 is 0 Å². The normalized spacial score (nSPS) is 13.9. The largest absolute Gasteiger partial charge is 0.495 e. The highest BCUT2D eigenvalue weighted by Gasteiger charge is 2.36. The first-order valence-corrected chi connectivity index (χ1v) is 11.0. The number of hydrogen-bond acceptors (Lipinski definition) is 4. The van der Waals surface area contributed by atoms with Crippen LogP contribution in [-0.4, -0.2) is 28.0 Å². The van der Waals surface area contributed by atoms with Gasteiger partial charge in [-0.1, -0.05) is 35.9 Å². The molecule has 4 rings (SSSR count). The van der Waals surface area contributed by atoms with Gasteiger partial charge >= 0.3 is 0 Å². The van der Waals surface area contributed by atoms with Crippen molar-refractivity contribution < 1.29 is 17.9 Å². The maximum absolute atomic E-state index is 13.3. The molecule has 0 bridgehead atoms. The van der Waals surface area contributed by atoms with Gasteiger partial charge in [0.05, 0.1) is 23.4 Å². The number of ether oxygens (including phenoxy) is 1. The van der Waals surface area contributed by atoms with Crippen molar-refractivity contribution in [1.82, 2.24) is 0 Å². The standard InChI is InChI=1S/C22H19ClN2O4S/c1-14-7-10-20(29-2)18(11-14)24-22(26)13-25-19-9-8-15(23)12-17(19)16-5-3-4-6-21(16)30(25,27)28/h3-12H,13H2,1-2H3,(H,24,26). The van der Waals surface area contributed by atoms with Crippen molar-refractivity contribution in [2.24, 2.45) is 0 Å². The van der Waals surface area contributed by atoms with Crippen LogP contribution in [-0.2, 0) is 14.8 Å². The molecule has 1 aliphatic rings. The molecule has 154 valence electrons. The van der Waals surface area contributed by atoms with Crippen molar-refractivity contribution in [2.45, 2.75) is 11.8 Å². The molecule has 0 saturated heterocycles. The van der Waals surface area contributed by atoms with Crippen molar-refractivity contribution in [3.8, 4) is 16.9 Å². The van der Waals surface area contributed by atoms with E-state index in [4.69, 9.17) is 16.3 Å². The molecule has 0 radical (unpaired) electrons. The summed E-state index contributed by atoms with van der Waals surface area (Å²) < 4.78 is 33.0. The van der Waals surface area contributed by atoms with Crippen LogP contribution in [0, 0.1) is 6.92 Å². The first kappa shape index (κ1) is 20.3. The summed E-state index contributed by atoms with van der Waals surface area (Å²) in [5.74, 6) is 0.00994. The Labute approximate surface area is 180 Å². The summed E-state index contributed by atoms with van der Waals surface area (Å²) in [7, 11) is -2.42. The number of amides is 1. The average molecular weight is 443 g/mol. The Balaban J connectivity index is 1.73. The summed E-state index contributed by atoms with van der Waals surface area (Å²) in [5, 5.41) is 3.24. The lowest BCUT2D eigenvalue weighted by atomic mass is 10.0. The van der Waals surface area contributed by atoms with E-state index in [0.29, 0.717) is 33.3 Å². The maximum atomic E-state index is 13.3. The van der Waals surface area contributed by atoms with Crippen LogP contribution in [0.4, 0.5) is 11.4 Å². The van der Waals surface area contributed by atoms with Crippen molar-refractivity contribution in [3.63, 3.8) is 0 Å². The van der Waals surface area contributed by atoms with Crippen LogP contribution in [0.5, 0.6) is 5.75 Å². The summed E-state index contributed by atoms with van der Waals surface area (Å²) >= 11 is 6.16. The summed E-state index contributed by atoms with van der Waals surface area (Å²) in [6.07, 6.45) is 0. The number of carbonyl (C=O) groups excluding carboxylic acids is 1. The minimum absolute atomic E-state index is 0.140. The third-order valence-electron chi connectivity index (χ3n) is 4.89. The number of methoxy groups -OCH3 is 1. The smallest absolute Gasteiger partial charge is 0.265 e. The van der Waals surface area contributed by atoms with Crippen LogP contribution < -0.4 is 14.4 Å². The predicted molar refractivity (Wildman–Crippen MR) is 118 cm³/mol. The molecule has 1 aliphatic heterocycles. The highest BCUT2D eigenvalue weighted by molar-refractivity contribution is 7.93. The Bertz CT molecular complexity index is 1260. The Hall–Kier alpha value is -3.03. The van der Waals surface area contributed by atoms with Crippen LogP contribution in [0.25, 0.3) is 11.1 Å². The summed E-state index contributed by atoms with van der Waals surface area (Å²) in [6, 6.07) is 17.0. The average Bonchev–Trinajstić information content (AvgIpc) is 2.71. The molecule has 1 amide bonds. The number of anilines is 2.